The maximum atomic E-state index is 12.4. The Morgan fingerprint density at radius 3 is 2.36 bits per heavy atom. The SMILES string of the molecule is CCCCN=C(N)NC(=O)CCc1ccc(-c2ccc(CN3CCN(C(CC)CC)CC3)cc2)c(OCCCOC)c1. The number of aliphatic imine (C=N–C) groups is 1. The number of nitrogens with zero attached hydrogens (tertiary/aromatic N) is 3. The van der Waals surface area contributed by atoms with Crippen LogP contribution in [0.3, 0.4) is 0 Å². The molecule has 0 spiro atoms. The third-order valence-corrected chi connectivity index (χ3v) is 8.04. The molecule has 3 rings (SSSR count). The highest BCUT2D eigenvalue weighted by Crippen LogP contribution is 2.32. The van der Waals surface area contributed by atoms with Gasteiger partial charge in [0, 0.05) is 77.4 Å². The number of nitrogens with two attached hydrogens (primary N) is 1. The number of guanidine groups is 1. The summed E-state index contributed by atoms with van der Waals surface area (Å²) in [7, 11) is 1.70. The zero-order chi connectivity index (χ0) is 30.2. The average molecular weight is 580 g/mol. The molecule has 0 aromatic heterocycles. The lowest BCUT2D eigenvalue weighted by molar-refractivity contribution is -0.119. The van der Waals surface area contributed by atoms with Crippen LogP contribution in [0, 0.1) is 0 Å². The van der Waals surface area contributed by atoms with E-state index >= 15 is 0 Å². The van der Waals surface area contributed by atoms with Crippen molar-refractivity contribution >= 4 is 11.9 Å². The van der Waals surface area contributed by atoms with E-state index in [1.54, 1.807) is 7.11 Å². The highest BCUT2D eigenvalue weighted by molar-refractivity contribution is 5.96. The van der Waals surface area contributed by atoms with E-state index in [0.29, 0.717) is 32.6 Å². The Balaban J connectivity index is 1.62. The number of methoxy groups -OCH3 is 1. The summed E-state index contributed by atoms with van der Waals surface area (Å²) in [4.78, 5) is 21.8. The van der Waals surface area contributed by atoms with Crippen LogP contribution in [0.5, 0.6) is 5.75 Å². The summed E-state index contributed by atoms with van der Waals surface area (Å²) in [6.07, 6.45) is 6.18. The number of unbranched alkanes of at least 4 members (excludes halogenated alkanes) is 1. The van der Waals surface area contributed by atoms with Crippen LogP contribution in [0.25, 0.3) is 11.1 Å². The number of ether oxygens (including phenoxy) is 2. The van der Waals surface area contributed by atoms with Gasteiger partial charge in [-0.25, -0.2) is 0 Å². The summed E-state index contributed by atoms with van der Waals surface area (Å²) in [5, 5.41) is 2.69. The second-order valence-corrected chi connectivity index (χ2v) is 11.2. The van der Waals surface area contributed by atoms with Crippen LogP contribution >= 0.6 is 0 Å². The molecule has 3 N–H and O–H groups in total. The second-order valence-electron chi connectivity index (χ2n) is 11.2. The van der Waals surface area contributed by atoms with Crippen molar-refractivity contribution < 1.29 is 14.3 Å². The summed E-state index contributed by atoms with van der Waals surface area (Å²) in [5.41, 5.74) is 10.4. The summed E-state index contributed by atoms with van der Waals surface area (Å²) < 4.78 is 11.4. The number of amides is 1. The van der Waals surface area contributed by atoms with Crippen LogP contribution in [-0.4, -0.2) is 80.8 Å². The Morgan fingerprint density at radius 2 is 1.69 bits per heavy atom. The van der Waals surface area contributed by atoms with Gasteiger partial charge in [-0.05, 0) is 48.4 Å². The van der Waals surface area contributed by atoms with Gasteiger partial charge < -0.3 is 15.2 Å². The third-order valence-electron chi connectivity index (χ3n) is 8.04. The van der Waals surface area contributed by atoms with E-state index in [4.69, 9.17) is 15.2 Å². The predicted molar refractivity (Wildman–Crippen MR) is 173 cm³/mol. The first-order valence-electron chi connectivity index (χ1n) is 15.9. The van der Waals surface area contributed by atoms with Crippen molar-refractivity contribution in [2.45, 2.75) is 78.3 Å². The van der Waals surface area contributed by atoms with E-state index in [2.05, 4.69) is 83.3 Å². The van der Waals surface area contributed by atoms with Gasteiger partial charge in [0.2, 0.25) is 5.91 Å². The fourth-order valence-corrected chi connectivity index (χ4v) is 5.47. The number of hydrogen-bond donors (Lipinski definition) is 2. The molecule has 0 bridgehead atoms. The molecule has 2 aromatic rings. The first-order chi connectivity index (χ1) is 20.5. The molecule has 1 fully saturated rings. The number of piperazine rings is 1. The topological polar surface area (TPSA) is 92.4 Å². The normalized spacial score (nSPS) is 14.8. The molecule has 0 atom stereocenters. The van der Waals surface area contributed by atoms with E-state index < -0.39 is 0 Å². The molecule has 8 heteroatoms. The smallest absolute Gasteiger partial charge is 0.226 e. The maximum Gasteiger partial charge on any atom is 0.226 e. The van der Waals surface area contributed by atoms with E-state index in [-0.39, 0.29) is 11.9 Å². The van der Waals surface area contributed by atoms with Crippen molar-refractivity contribution in [3.05, 3.63) is 53.6 Å². The number of aryl methyl sites for hydroxylation is 1. The van der Waals surface area contributed by atoms with E-state index in [0.717, 1.165) is 80.5 Å². The van der Waals surface area contributed by atoms with Crippen LogP contribution in [0.4, 0.5) is 0 Å². The molecule has 42 heavy (non-hydrogen) atoms. The molecule has 232 valence electrons. The Morgan fingerprint density at radius 1 is 0.976 bits per heavy atom. The lowest BCUT2D eigenvalue weighted by atomic mass is 9.99. The molecule has 0 aliphatic carbocycles. The van der Waals surface area contributed by atoms with Crippen LogP contribution in [-0.2, 0) is 22.5 Å². The van der Waals surface area contributed by atoms with Crippen molar-refractivity contribution in [2.24, 2.45) is 10.7 Å². The molecule has 2 aromatic carbocycles. The number of benzene rings is 2. The third kappa shape index (κ3) is 11.0. The number of carbonyl (C=O) groups excluding carboxylic acids is 1. The van der Waals surface area contributed by atoms with Crippen LogP contribution < -0.4 is 15.8 Å². The van der Waals surface area contributed by atoms with Crippen LogP contribution in [0.2, 0.25) is 0 Å². The highest BCUT2D eigenvalue weighted by atomic mass is 16.5. The Hall–Kier alpha value is -2.94. The van der Waals surface area contributed by atoms with Gasteiger partial charge in [-0.3, -0.25) is 24.9 Å². The second kappa shape index (κ2) is 18.6. The van der Waals surface area contributed by atoms with E-state index in [9.17, 15) is 4.79 Å². The summed E-state index contributed by atoms with van der Waals surface area (Å²) in [6.45, 7) is 14.1. The van der Waals surface area contributed by atoms with Gasteiger partial charge in [0.05, 0.1) is 6.61 Å². The minimum absolute atomic E-state index is 0.132. The summed E-state index contributed by atoms with van der Waals surface area (Å²) >= 11 is 0. The van der Waals surface area contributed by atoms with Crippen molar-refractivity contribution in [1.29, 1.82) is 0 Å². The van der Waals surface area contributed by atoms with Gasteiger partial charge in [-0.1, -0.05) is 63.6 Å². The molecular weight excluding hydrogens is 526 g/mol. The molecular formula is C34H53N5O3. The van der Waals surface area contributed by atoms with Crippen LogP contribution in [0.15, 0.2) is 47.5 Å². The van der Waals surface area contributed by atoms with Gasteiger partial charge in [-0.2, -0.15) is 0 Å². The zero-order valence-corrected chi connectivity index (χ0v) is 26.4. The van der Waals surface area contributed by atoms with Gasteiger partial charge >= 0.3 is 0 Å². The summed E-state index contributed by atoms with van der Waals surface area (Å²) in [6, 6.07) is 15.8. The number of rotatable bonds is 17. The molecule has 1 heterocycles. The van der Waals surface area contributed by atoms with Crippen molar-refractivity contribution in [1.82, 2.24) is 15.1 Å². The zero-order valence-electron chi connectivity index (χ0n) is 26.4. The van der Waals surface area contributed by atoms with Gasteiger partial charge in [0.15, 0.2) is 5.96 Å². The number of hydrogen-bond acceptors (Lipinski definition) is 6. The van der Waals surface area contributed by atoms with Crippen molar-refractivity contribution in [3.8, 4) is 16.9 Å². The first kappa shape index (κ1) is 33.6. The number of carbonyl (C=O) groups is 1. The largest absolute Gasteiger partial charge is 0.493 e. The first-order valence-corrected chi connectivity index (χ1v) is 15.9. The van der Waals surface area contributed by atoms with Gasteiger partial charge in [0.25, 0.3) is 0 Å². The predicted octanol–water partition coefficient (Wildman–Crippen LogP) is 5.24. The molecule has 1 amide bonds. The molecule has 1 aliphatic rings. The molecule has 0 unspecified atom stereocenters. The molecule has 1 aliphatic heterocycles. The highest BCUT2D eigenvalue weighted by Gasteiger charge is 2.21. The van der Waals surface area contributed by atoms with E-state index in [1.165, 1.54) is 18.4 Å². The fraction of sp³-hybridized carbons (Fsp3) is 0.588. The monoisotopic (exact) mass is 579 g/mol. The maximum absolute atomic E-state index is 12.4. The molecule has 0 radical (unpaired) electrons. The summed E-state index contributed by atoms with van der Waals surface area (Å²) in [5.74, 6) is 0.889. The average Bonchev–Trinajstić information content (AvgIpc) is 3.00. The quantitative estimate of drug-likeness (QED) is 0.151. The lowest BCUT2D eigenvalue weighted by Crippen LogP contribution is -2.49. The standard InChI is InChI=1S/C34H53N5O3/c1-5-8-18-36-34(35)37-33(40)17-13-27-12-16-31(32(25-27)42-24-9-23-41-4)29-14-10-28(11-15-29)26-38-19-21-39(22-20-38)30(6-2)7-3/h10-12,14-16,25,30H,5-9,13,17-24,26H2,1-4H3,(H3,35,36,37,40). The van der Waals surface area contributed by atoms with Crippen LogP contribution in [0.1, 0.15) is 70.4 Å². The Bertz CT molecular complexity index is 1090. The van der Waals surface area contributed by atoms with Gasteiger partial charge in [-0.15, -0.1) is 0 Å². The Labute approximate surface area is 253 Å². The molecule has 0 saturated carbocycles. The fourth-order valence-electron chi connectivity index (χ4n) is 5.47. The minimum Gasteiger partial charge on any atom is -0.493 e. The van der Waals surface area contributed by atoms with E-state index in [1.807, 2.05) is 0 Å². The Kier molecular flexibility index (Phi) is 14.8. The minimum atomic E-state index is -0.132. The van der Waals surface area contributed by atoms with Crippen molar-refractivity contribution in [3.63, 3.8) is 0 Å². The number of nitrogens with one attached hydrogen (secondary N) is 1. The molecule has 1 saturated heterocycles. The molecule has 8 nitrogen and oxygen atoms in total. The van der Waals surface area contributed by atoms with Crippen molar-refractivity contribution in [2.75, 3.05) is 53.0 Å². The lowest BCUT2D eigenvalue weighted by Gasteiger charge is -2.38. The van der Waals surface area contributed by atoms with Gasteiger partial charge in [0.1, 0.15) is 5.75 Å².